The minimum absolute atomic E-state index is 0.0556. The maximum absolute atomic E-state index is 13.2. The molecule has 0 saturated heterocycles. The lowest BCUT2D eigenvalue weighted by molar-refractivity contribution is -0.137. The molecule has 33 heavy (non-hydrogen) atoms. The molecule has 0 aliphatic heterocycles. The fourth-order valence-corrected chi connectivity index (χ4v) is 5.72. The van der Waals surface area contributed by atoms with Gasteiger partial charge in [-0.25, -0.2) is 13.4 Å². The smallest absolute Gasteiger partial charge is 0.301 e. The zero-order valence-corrected chi connectivity index (χ0v) is 19.8. The highest BCUT2D eigenvalue weighted by Gasteiger charge is 2.35. The second kappa shape index (κ2) is 9.64. The second-order valence-corrected chi connectivity index (χ2v) is 11.1. The SMILES string of the molecule is Cc1ccc(S(=O)(=O)[C@@H](CC(C)C)C(=O)Nc2nc(-c3ccc(C(F)(F)F)cc3)cs2)cc1. The number of anilines is 1. The highest BCUT2D eigenvalue weighted by molar-refractivity contribution is 7.92. The van der Waals surface area contributed by atoms with Gasteiger partial charge in [0.2, 0.25) is 5.91 Å². The highest BCUT2D eigenvalue weighted by Crippen LogP contribution is 2.32. The van der Waals surface area contributed by atoms with E-state index in [4.69, 9.17) is 0 Å². The molecule has 0 bridgehead atoms. The third-order valence-electron chi connectivity index (χ3n) is 4.94. The van der Waals surface area contributed by atoms with Crippen molar-refractivity contribution in [2.24, 2.45) is 5.92 Å². The first kappa shape index (κ1) is 24.9. The van der Waals surface area contributed by atoms with Gasteiger partial charge in [-0.15, -0.1) is 11.3 Å². The molecule has 0 radical (unpaired) electrons. The van der Waals surface area contributed by atoms with E-state index in [9.17, 15) is 26.4 Å². The van der Waals surface area contributed by atoms with Crippen molar-refractivity contribution in [2.45, 2.75) is 43.5 Å². The number of alkyl halides is 3. The van der Waals surface area contributed by atoms with Gasteiger partial charge in [0.25, 0.3) is 0 Å². The van der Waals surface area contributed by atoms with Crippen LogP contribution in [0.4, 0.5) is 18.3 Å². The summed E-state index contributed by atoms with van der Waals surface area (Å²) in [4.78, 5) is 17.3. The van der Waals surface area contributed by atoms with Crippen LogP contribution in [0.3, 0.4) is 0 Å². The van der Waals surface area contributed by atoms with Crippen LogP contribution in [0.25, 0.3) is 11.3 Å². The zero-order valence-electron chi connectivity index (χ0n) is 18.2. The van der Waals surface area contributed by atoms with Crippen molar-refractivity contribution in [3.63, 3.8) is 0 Å². The number of benzene rings is 2. The van der Waals surface area contributed by atoms with Gasteiger partial charge < -0.3 is 5.32 Å². The molecule has 10 heteroatoms. The number of carbonyl (C=O) groups is 1. The minimum atomic E-state index is -4.44. The van der Waals surface area contributed by atoms with Crippen LogP contribution in [0, 0.1) is 12.8 Å². The number of nitrogens with one attached hydrogen (secondary N) is 1. The molecular formula is C23H23F3N2O3S2. The van der Waals surface area contributed by atoms with Gasteiger partial charge >= 0.3 is 6.18 Å². The summed E-state index contributed by atoms with van der Waals surface area (Å²) in [5.41, 5.74) is 0.960. The lowest BCUT2D eigenvalue weighted by Crippen LogP contribution is -2.36. The van der Waals surface area contributed by atoms with Crippen molar-refractivity contribution in [2.75, 3.05) is 5.32 Å². The molecule has 1 amide bonds. The molecule has 1 N–H and O–H groups in total. The Hall–Kier alpha value is -2.72. The predicted octanol–water partition coefficient (Wildman–Crippen LogP) is 5.96. The van der Waals surface area contributed by atoms with E-state index in [1.165, 1.54) is 24.3 Å². The first-order valence-electron chi connectivity index (χ1n) is 10.1. The number of rotatable bonds is 7. The Morgan fingerprint density at radius 3 is 2.21 bits per heavy atom. The van der Waals surface area contributed by atoms with Gasteiger partial charge in [0.05, 0.1) is 16.2 Å². The van der Waals surface area contributed by atoms with Crippen molar-refractivity contribution in [3.05, 3.63) is 65.0 Å². The Morgan fingerprint density at radius 2 is 1.67 bits per heavy atom. The molecule has 1 heterocycles. The van der Waals surface area contributed by atoms with Gasteiger partial charge in [-0.05, 0) is 43.5 Å². The average Bonchev–Trinajstić information content (AvgIpc) is 3.20. The second-order valence-electron chi connectivity index (χ2n) is 8.08. The van der Waals surface area contributed by atoms with Crippen molar-refractivity contribution in [3.8, 4) is 11.3 Å². The van der Waals surface area contributed by atoms with Crippen molar-refractivity contribution >= 4 is 32.2 Å². The van der Waals surface area contributed by atoms with Gasteiger partial charge in [-0.3, -0.25) is 4.79 Å². The summed E-state index contributed by atoms with van der Waals surface area (Å²) < 4.78 is 64.7. The van der Waals surface area contributed by atoms with Crippen LogP contribution >= 0.6 is 11.3 Å². The number of nitrogens with zero attached hydrogens (tertiary/aromatic N) is 1. The van der Waals surface area contributed by atoms with Crippen LogP contribution in [0.15, 0.2) is 58.8 Å². The molecule has 2 aromatic carbocycles. The van der Waals surface area contributed by atoms with Crippen LogP contribution in [-0.4, -0.2) is 24.6 Å². The summed E-state index contributed by atoms with van der Waals surface area (Å²) in [6.45, 7) is 5.50. The molecule has 0 unspecified atom stereocenters. The van der Waals surface area contributed by atoms with Crippen molar-refractivity contribution in [1.82, 2.24) is 4.98 Å². The first-order chi connectivity index (χ1) is 15.4. The number of hydrogen-bond acceptors (Lipinski definition) is 5. The number of aryl methyl sites for hydroxylation is 1. The number of hydrogen-bond donors (Lipinski definition) is 1. The number of carbonyl (C=O) groups excluding carboxylic acids is 1. The lowest BCUT2D eigenvalue weighted by atomic mass is 10.1. The van der Waals surface area contributed by atoms with Crippen LogP contribution in [0.5, 0.6) is 0 Å². The molecule has 0 spiro atoms. The molecular weight excluding hydrogens is 473 g/mol. The van der Waals surface area contributed by atoms with Crippen molar-refractivity contribution < 1.29 is 26.4 Å². The van der Waals surface area contributed by atoms with E-state index in [0.717, 1.165) is 29.0 Å². The molecule has 1 atom stereocenters. The van der Waals surface area contributed by atoms with Crippen LogP contribution in [-0.2, 0) is 20.8 Å². The number of halogens is 3. The van der Waals surface area contributed by atoms with E-state index in [1.807, 2.05) is 20.8 Å². The third-order valence-corrected chi connectivity index (χ3v) is 7.79. The maximum atomic E-state index is 13.2. The van der Waals surface area contributed by atoms with E-state index < -0.39 is 32.7 Å². The molecule has 176 valence electrons. The van der Waals surface area contributed by atoms with Crippen LogP contribution < -0.4 is 5.32 Å². The Labute approximate surface area is 194 Å². The molecule has 1 aromatic heterocycles. The molecule has 0 aliphatic rings. The monoisotopic (exact) mass is 496 g/mol. The Balaban J connectivity index is 1.82. The summed E-state index contributed by atoms with van der Waals surface area (Å²) in [7, 11) is -3.94. The van der Waals surface area contributed by atoms with E-state index in [-0.39, 0.29) is 22.4 Å². The molecule has 3 rings (SSSR count). The number of aromatic nitrogens is 1. The minimum Gasteiger partial charge on any atom is -0.301 e. The molecule has 0 saturated carbocycles. The number of thiazole rings is 1. The van der Waals surface area contributed by atoms with Gasteiger partial charge in [0.1, 0.15) is 5.25 Å². The summed E-state index contributed by atoms with van der Waals surface area (Å²) in [5.74, 6) is -0.752. The van der Waals surface area contributed by atoms with E-state index in [0.29, 0.717) is 11.3 Å². The van der Waals surface area contributed by atoms with E-state index in [1.54, 1.807) is 17.5 Å². The van der Waals surface area contributed by atoms with Crippen LogP contribution in [0.2, 0.25) is 0 Å². The fraction of sp³-hybridized carbons (Fsp3) is 0.304. The summed E-state index contributed by atoms with van der Waals surface area (Å²) in [6, 6.07) is 10.8. The molecule has 3 aromatic rings. The summed E-state index contributed by atoms with van der Waals surface area (Å²) >= 11 is 1.07. The van der Waals surface area contributed by atoms with Gasteiger partial charge in [0.15, 0.2) is 15.0 Å². The molecule has 0 aliphatic carbocycles. The van der Waals surface area contributed by atoms with Gasteiger partial charge in [-0.1, -0.05) is 43.7 Å². The Bertz CT molecular complexity index is 1220. The van der Waals surface area contributed by atoms with Gasteiger partial charge in [0, 0.05) is 10.9 Å². The van der Waals surface area contributed by atoms with Crippen LogP contribution in [0.1, 0.15) is 31.4 Å². The largest absolute Gasteiger partial charge is 0.416 e. The van der Waals surface area contributed by atoms with E-state index in [2.05, 4.69) is 10.3 Å². The van der Waals surface area contributed by atoms with E-state index >= 15 is 0 Å². The molecule has 0 fully saturated rings. The summed E-state index contributed by atoms with van der Waals surface area (Å²) in [6.07, 6.45) is -4.31. The highest BCUT2D eigenvalue weighted by atomic mass is 32.2. The third kappa shape index (κ3) is 6.00. The van der Waals surface area contributed by atoms with Crippen molar-refractivity contribution in [1.29, 1.82) is 0 Å². The topological polar surface area (TPSA) is 76.1 Å². The summed E-state index contributed by atoms with van der Waals surface area (Å²) in [5, 5.41) is 3.02. The standard InChI is InChI=1S/C23H23F3N2O3S2/c1-14(2)12-20(33(30,31)18-10-4-15(3)5-11-18)21(29)28-22-27-19(13-32-22)16-6-8-17(9-7-16)23(24,25)26/h4-11,13-14,20H,12H2,1-3H3,(H,27,28,29)/t20-/m0/s1. The molecule has 5 nitrogen and oxygen atoms in total. The number of sulfone groups is 1. The Kier molecular flexibility index (Phi) is 7.28. The quantitative estimate of drug-likeness (QED) is 0.438. The Morgan fingerprint density at radius 1 is 1.06 bits per heavy atom. The lowest BCUT2D eigenvalue weighted by Gasteiger charge is -2.18. The maximum Gasteiger partial charge on any atom is 0.416 e. The average molecular weight is 497 g/mol. The first-order valence-corrected chi connectivity index (χ1v) is 12.5. The van der Waals surface area contributed by atoms with Gasteiger partial charge in [-0.2, -0.15) is 13.2 Å². The predicted molar refractivity (Wildman–Crippen MR) is 123 cm³/mol. The number of amides is 1. The zero-order chi connectivity index (χ0) is 24.4. The fourth-order valence-electron chi connectivity index (χ4n) is 3.17. The normalized spacial score (nSPS) is 13.2.